The number of rotatable bonds is 18. The van der Waals surface area contributed by atoms with Crippen molar-refractivity contribution < 1.29 is 46.9 Å². The predicted molar refractivity (Wildman–Crippen MR) is 155 cm³/mol. The Kier molecular flexibility index (Phi) is 13.6. The Morgan fingerprint density at radius 3 is 2.19 bits per heavy atom. The summed E-state index contributed by atoms with van der Waals surface area (Å²) in [6.07, 6.45) is 4.47. The average molecular weight is 603 g/mol. The summed E-state index contributed by atoms with van der Waals surface area (Å²) in [5.41, 5.74) is 1.03. The Hall–Kier alpha value is -3.83. The molecule has 1 fully saturated rings. The molecule has 0 aliphatic carbocycles. The molecule has 11 heteroatoms. The van der Waals surface area contributed by atoms with Gasteiger partial charge in [-0.3, -0.25) is 0 Å². The summed E-state index contributed by atoms with van der Waals surface area (Å²) in [6.45, 7) is 11.5. The number of carboxylic acids is 1. The van der Waals surface area contributed by atoms with Crippen molar-refractivity contribution in [3.8, 4) is 0 Å². The van der Waals surface area contributed by atoms with Crippen LogP contribution in [0.15, 0.2) is 76.8 Å². The molecule has 0 bridgehead atoms. The van der Waals surface area contributed by atoms with E-state index < -0.39 is 39.5 Å². The summed E-state index contributed by atoms with van der Waals surface area (Å²) < 4.78 is 40.8. The molecular weight excluding hydrogens is 564 g/mol. The van der Waals surface area contributed by atoms with Crippen LogP contribution < -0.4 is 0 Å². The van der Waals surface area contributed by atoms with Crippen molar-refractivity contribution >= 4 is 33.7 Å². The van der Waals surface area contributed by atoms with Gasteiger partial charge in [-0.15, -0.1) is 0 Å². The Labute approximate surface area is 246 Å². The van der Waals surface area contributed by atoms with Crippen LogP contribution in [0.2, 0.25) is 0 Å². The lowest BCUT2D eigenvalue weighted by Crippen LogP contribution is -2.18. The summed E-state index contributed by atoms with van der Waals surface area (Å²) >= 11 is 0. The van der Waals surface area contributed by atoms with E-state index in [4.69, 9.17) is 14.2 Å². The van der Waals surface area contributed by atoms with Crippen LogP contribution in [0.5, 0.6) is 0 Å². The van der Waals surface area contributed by atoms with E-state index in [2.05, 4.69) is 13.2 Å². The molecule has 1 heterocycles. The number of aryl methyl sites for hydroxylation is 1. The molecule has 0 spiro atoms. The van der Waals surface area contributed by atoms with Gasteiger partial charge in [-0.05, 0) is 64.0 Å². The molecular formula is C31H38O10S. The zero-order valence-corrected chi connectivity index (χ0v) is 24.9. The standard InChI is InChI=1S/C31H38O10S/c1-5-22(3)30(35)41-31(36)25(17-19-42(37,38)27-15-9-21(2)10-16-27)13-12-24(28(32)33)8-6-7-18-39-29(34)23(4)11-14-26-20-40-26/h9-10,12-13,15-16,26H,3-8,11,14,17-20H2,1-2H3,(H,32,33). The fourth-order valence-electron chi connectivity index (χ4n) is 3.55. The number of ether oxygens (including phenoxy) is 3. The molecule has 0 saturated carbocycles. The monoisotopic (exact) mass is 602 g/mol. The van der Waals surface area contributed by atoms with Crippen LogP contribution >= 0.6 is 0 Å². The summed E-state index contributed by atoms with van der Waals surface area (Å²) in [5, 5.41) is 9.65. The first-order valence-corrected chi connectivity index (χ1v) is 15.3. The Bertz CT molecular complexity index is 1350. The van der Waals surface area contributed by atoms with E-state index in [1.807, 2.05) is 6.92 Å². The normalized spacial score (nSPS) is 15.0. The third-order valence-corrected chi connectivity index (χ3v) is 8.21. The quantitative estimate of drug-likeness (QED) is 0.0631. The zero-order valence-electron chi connectivity index (χ0n) is 24.1. The highest BCUT2D eigenvalue weighted by molar-refractivity contribution is 7.91. The maximum Gasteiger partial charge on any atom is 0.341 e. The van der Waals surface area contributed by atoms with Crippen LogP contribution in [0.3, 0.4) is 0 Å². The number of carboxylic acid groups (broad SMARTS) is 1. The van der Waals surface area contributed by atoms with Gasteiger partial charge in [0.15, 0.2) is 9.84 Å². The number of hydrogen-bond acceptors (Lipinski definition) is 9. The average Bonchev–Trinajstić information content (AvgIpc) is 3.78. The SMILES string of the molecule is C=C(CCC1CO1)C(=O)OCCCCC(=CC=C(CCS(=O)(=O)c1ccc(C)cc1)C(=O)OC(=O)C(=C)CC)C(=O)O. The second-order valence-electron chi connectivity index (χ2n) is 9.90. The van der Waals surface area contributed by atoms with Gasteiger partial charge in [0.1, 0.15) is 0 Å². The number of epoxide rings is 1. The number of allylic oxidation sites excluding steroid dienone is 2. The van der Waals surface area contributed by atoms with Gasteiger partial charge in [-0.1, -0.05) is 49.9 Å². The highest BCUT2D eigenvalue weighted by Gasteiger charge is 2.24. The van der Waals surface area contributed by atoms with Gasteiger partial charge in [0, 0.05) is 22.3 Å². The number of esters is 3. The molecule has 42 heavy (non-hydrogen) atoms. The van der Waals surface area contributed by atoms with Crippen molar-refractivity contribution in [2.24, 2.45) is 0 Å². The van der Waals surface area contributed by atoms with Gasteiger partial charge in [-0.2, -0.15) is 0 Å². The third kappa shape index (κ3) is 12.0. The lowest BCUT2D eigenvalue weighted by atomic mass is 10.1. The molecule has 2 rings (SSSR count). The van der Waals surface area contributed by atoms with E-state index in [9.17, 15) is 32.7 Å². The molecule has 10 nitrogen and oxygen atoms in total. The maximum atomic E-state index is 12.8. The molecule has 1 saturated heterocycles. The molecule has 1 N–H and O–H groups in total. The summed E-state index contributed by atoms with van der Waals surface area (Å²) in [6, 6.07) is 6.22. The zero-order chi connectivity index (χ0) is 31.3. The molecule has 0 radical (unpaired) electrons. The summed E-state index contributed by atoms with van der Waals surface area (Å²) in [4.78, 5) is 48.8. The largest absolute Gasteiger partial charge is 0.478 e. The molecule has 228 valence electrons. The van der Waals surface area contributed by atoms with E-state index in [1.54, 1.807) is 19.1 Å². The minimum absolute atomic E-state index is 0.0537. The lowest BCUT2D eigenvalue weighted by Gasteiger charge is -2.09. The van der Waals surface area contributed by atoms with Gasteiger partial charge in [-0.25, -0.2) is 27.6 Å². The van der Waals surface area contributed by atoms with Crippen molar-refractivity contribution in [2.75, 3.05) is 19.0 Å². The Balaban J connectivity index is 2.06. The van der Waals surface area contributed by atoms with E-state index >= 15 is 0 Å². The molecule has 0 aromatic heterocycles. The van der Waals surface area contributed by atoms with Crippen LogP contribution in [0.25, 0.3) is 0 Å². The smallest absolute Gasteiger partial charge is 0.341 e. The van der Waals surface area contributed by atoms with Crippen molar-refractivity contribution in [1.29, 1.82) is 0 Å². The van der Waals surface area contributed by atoms with Crippen molar-refractivity contribution in [1.82, 2.24) is 0 Å². The molecule has 1 aliphatic heterocycles. The fraction of sp³-hybridized carbons (Fsp3) is 0.419. The minimum atomic E-state index is -3.79. The van der Waals surface area contributed by atoms with E-state index in [0.29, 0.717) is 37.9 Å². The second-order valence-corrected chi connectivity index (χ2v) is 12.0. The first-order chi connectivity index (χ1) is 19.8. The van der Waals surface area contributed by atoms with Gasteiger partial charge in [0.2, 0.25) is 0 Å². The fourth-order valence-corrected chi connectivity index (χ4v) is 4.82. The van der Waals surface area contributed by atoms with Crippen molar-refractivity contribution in [3.63, 3.8) is 0 Å². The molecule has 1 unspecified atom stereocenters. The van der Waals surface area contributed by atoms with Gasteiger partial charge < -0.3 is 19.3 Å². The number of carbonyl (C=O) groups excluding carboxylic acids is 3. The van der Waals surface area contributed by atoms with Crippen LogP contribution in [-0.4, -0.2) is 62.5 Å². The molecule has 1 aromatic carbocycles. The van der Waals surface area contributed by atoms with E-state index in [-0.39, 0.29) is 53.6 Å². The van der Waals surface area contributed by atoms with Gasteiger partial charge in [0.05, 0.1) is 30.0 Å². The van der Waals surface area contributed by atoms with Crippen LogP contribution in [0, 0.1) is 6.92 Å². The van der Waals surface area contributed by atoms with E-state index in [1.165, 1.54) is 18.2 Å². The second kappa shape index (κ2) is 16.6. The first-order valence-electron chi connectivity index (χ1n) is 13.7. The molecule has 1 aliphatic rings. The van der Waals surface area contributed by atoms with Crippen molar-refractivity contribution in [3.05, 3.63) is 77.4 Å². The first kappa shape index (κ1) is 34.4. The maximum absolute atomic E-state index is 12.8. The molecule has 0 amide bonds. The van der Waals surface area contributed by atoms with E-state index in [0.717, 1.165) is 11.6 Å². The topological polar surface area (TPSA) is 154 Å². The van der Waals surface area contributed by atoms with Crippen LogP contribution in [0.1, 0.15) is 57.4 Å². The summed E-state index contributed by atoms with van der Waals surface area (Å²) in [5.74, 6) is -4.25. The Morgan fingerprint density at radius 1 is 0.952 bits per heavy atom. The number of unbranched alkanes of at least 4 members (excludes halogenated alkanes) is 1. The van der Waals surface area contributed by atoms with Gasteiger partial charge in [0.25, 0.3) is 0 Å². The predicted octanol–water partition coefficient (Wildman–Crippen LogP) is 4.58. The van der Waals surface area contributed by atoms with Crippen LogP contribution in [0.4, 0.5) is 0 Å². The van der Waals surface area contributed by atoms with Crippen molar-refractivity contribution in [2.45, 2.75) is 69.8 Å². The minimum Gasteiger partial charge on any atom is -0.478 e. The third-order valence-electron chi connectivity index (χ3n) is 6.48. The number of hydrogen-bond donors (Lipinski definition) is 1. The molecule has 1 atom stereocenters. The Morgan fingerprint density at radius 2 is 1.60 bits per heavy atom. The number of sulfone groups is 1. The number of aliphatic carboxylic acids is 1. The van der Waals surface area contributed by atoms with Crippen LogP contribution in [-0.2, 0) is 43.2 Å². The number of carbonyl (C=O) groups is 4. The highest BCUT2D eigenvalue weighted by Crippen LogP contribution is 2.20. The van der Waals surface area contributed by atoms with Gasteiger partial charge >= 0.3 is 23.9 Å². The molecule has 1 aromatic rings. The highest BCUT2D eigenvalue weighted by atomic mass is 32.2. The summed E-state index contributed by atoms with van der Waals surface area (Å²) in [7, 11) is -3.79. The number of benzene rings is 1. The lowest BCUT2D eigenvalue weighted by molar-refractivity contribution is -0.154.